The molecule has 3 heteroatoms. The van der Waals surface area contributed by atoms with Gasteiger partial charge in [-0.25, -0.2) is 4.79 Å². The molecule has 2 aromatic rings. The van der Waals surface area contributed by atoms with Gasteiger partial charge in [0.2, 0.25) is 0 Å². The Bertz CT molecular complexity index is 912. The van der Waals surface area contributed by atoms with Gasteiger partial charge in [-0.15, -0.1) is 0 Å². The maximum Gasteiger partial charge on any atom is 0.331 e. The minimum Gasteiger partial charge on any atom is -0.462 e. The Hall–Kier alpha value is -2.39. The van der Waals surface area contributed by atoms with Crippen molar-refractivity contribution in [3.63, 3.8) is 0 Å². The van der Waals surface area contributed by atoms with Gasteiger partial charge in [-0.05, 0) is 73.7 Å². The number of fused-ring (bicyclic) bond motifs is 2. The molecule has 0 spiro atoms. The van der Waals surface area contributed by atoms with E-state index in [0.29, 0.717) is 18.6 Å². The molecule has 2 heterocycles. The van der Waals surface area contributed by atoms with Crippen LogP contribution in [0.5, 0.6) is 0 Å². The Kier molecular flexibility index (Phi) is 6.46. The number of piperidine rings is 2. The van der Waals surface area contributed by atoms with Crippen LogP contribution in [0.2, 0.25) is 0 Å². The SMILES string of the molecule is CC(/C=C/c1ccc2ccccc2c1)=C\C(=O)OC[C@H]1CCCN2CCCC[C@@H]12. The summed E-state index contributed by atoms with van der Waals surface area (Å²) in [6.07, 6.45) is 11.9. The standard InChI is InChI=1S/C26H31NO2/c1-20(11-12-21-13-14-22-7-2-3-8-23(22)18-21)17-26(28)29-19-24-9-6-16-27-15-5-4-10-25(24)27/h2-3,7-8,11-14,17-18,24-25H,4-6,9-10,15-16,19H2,1H3/b12-11+,20-17+/t24-,25+/m1/s1. The summed E-state index contributed by atoms with van der Waals surface area (Å²) in [7, 11) is 0. The summed E-state index contributed by atoms with van der Waals surface area (Å²) in [6, 6.07) is 15.3. The van der Waals surface area contributed by atoms with E-state index in [-0.39, 0.29) is 5.97 Å². The van der Waals surface area contributed by atoms with E-state index in [4.69, 9.17) is 4.74 Å². The first-order chi connectivity index (χ1) is 14.2. The van der Waals surface area contributed by atoms with Gasteiger partial charge in [-0.3, -0.25) is 4.90 Å². The average molecular weight is 390 g/mol. The largest absolute Gasteiger partial charge is 0.462 e. The van der Waals surface area contributed by atoms with Gasteiger partial charge in [0.05, 0.1) is 6.61 Å². The van der Waals surface area contributed by atoms with Crippen molar-refractivity contribution in [2.24, 2.45) is 5.92 Å². The minimum atomic E-state index is -0.224. The van der Waals surface area contributed by atoms with Crippen LogP contribution in [0.4, 0.5) is 0 Å². The summed E-state index contributed by atoms with van der Waals surface area (Å²) >= 11 is 0. The van der Waals surface area contributed by atoms with Crippen LogP contribution in [0.1, 0.15) is 44.6 Å². The van der Waals surface area contributed by atoms with E-state index in [1.165, 1.54) is 56.0 Å². The highest BCUT2D eigenvalue weighted by molar-refractivity contribution is 5.85. The summed E-state index contributed by atoms with van der Waals surface area (Å²) < 4.78 is 5.63. The molecular weight excluding hydrogens is 358 g/mol. The fraction of sp³-hybridized carbons (Fsp3) is 0.423. The van der Waals surface area contributed by atoms with E-state index in [9.17, 15) is 4.79 Å². The molecule has 2 aliphatic heterocycles. The van der Waals surface area contributed by atoms with E-state index >= 15 is 0 Å². The second kappa shape index (κ2) is 9.41. The molecule has 2 aromatic carbocycles. The van der Waals surface area contributed by atoms with Crippen LogP contribution < -0.4 is 0 Å². The molecule has 3 nitrogen and oxygen atoms in total. The Labute approximate surface area is 174 Å². The van der Waals surface area contributed by atoms with Gasteiger partial charge in [0.15, 0.2) is 0 Å². The summed E-state index contributed by atoms with van der Waals surface area (Å²) in [5.41, 5.74) is 2.04. The molecule has 2 aliphatic rings. The number of allylic oxidation sites excluding steroid dienone is 2. The fourth-order valence-corrected chi connectivity index (χ4v) is 4.78. The van der Waals surface area contributed by atoms with E-state index in [2.05, 4.69) is 47.4 Å². The summed E-state index contributed by atoms with van der Waals surface area (Å²) in [6.45, 7) is 4.93. The van der Waals surface area contributed by atoms with Crippen LogP contribution in [0.3, 0.4) is 0 Å². The van der Waals surface area contributed by atoms with Crippen molar-refractivity contribution in [3.05, 3.63) is 65.8 Å². The molecule has 0 aromatic heterocycles. The second-order valence-electron chi connectivity index (χ2n) is 8.46. The molecule has 0 aliphatic carbocycles. The maximum absolute atomic E-state index is 12.3. The van der Waals surface area contributed by atoms with E-state index < -0.39 is 0 Å². The molecule has 0 radical (unpaired) electrons. The molecule has 2 fully saturated rings. The highest BCUT2D eigenvalue weighted by Gasteiger charge is 2.33. The van der Waals surface area contributed by atoms with Crippen LogP contribution >= 0.6 is 0 Å². The zero-order chi connectivity index (χ0) is 20.1. The summed E-state index contributed by atoms with van der Waals surface area (Å²) in [5, 5.41) is 2.46. The Morgan fingerprint density at radius 2 is 1.90 bits per heavy atom. The molecule has 4 rings (SSSR count). The number of carbonyl (C=O) groups is 1. The molecule has 0 N–H and O–H groups in total. The first-order valence-electron chi connectivity index (χ1n) is 10.9. The predicted molar refractivity (Wildman–Crippen MR) is 120 cm³/mol. The number of ether oxygens (including phenoxy) is 1. The zero-order valence-electron chi connectivity index (χ0n) is 17.3. The lowest BCUT2D eigenvalue weighted by molar-refractivity contribution is -0.140. The first kappa shape index (κ1) is 19.9. The van der Waals surface area contributed by atoms with Crippen molar-refractivity contribution in [1.82, 2.24) is 4.90 Å². The molecule has 152 valence electrons. The number of hydrogen-bond acceptors (Lipinski definition) is 3. The number of esters is 1. The third kappa shape index (κ3) is 5.16. The zero-order valence-corrected chi connectivity index (χ0v) is 17.3. The minimum absolute atomic E-state index is 0.224. The van der Waals surface area contributed by atoms with Crippen LogP contribution in [-0.2, 0) is 9.53 Å². The number of benzene rings is 2. The van der Waals surface area contributed by atoms with E-state index in [1.54, 1.807) is 6.08 Å². The number of hydrogen-bond donors (Lipinski definition) is 0. The van der Waals surface area contributed by atoms with Gasteiger partial charge < -0.3 is 4.74 Å². The van der Waals surface area contributed by atoms with E-state index in [0.717, 1.165) is 11.1 Å². The lowest BCUT2D eigenvalue weighted by Gasteiger charge is -2.44. The smallest absolute Gasteiger partial charge is 0.331 e. The molecule has 0 unspecified atom stereocenters. The molecule has 2 saturated heterocycles. The third-order valence-corrected chi connectivity index (χ3v) is 6.33. The monoisotopic (exact) mass is 389 g/mol. The first-order valence-corrected chi connectivity index (χ1v) is 10.9. The molecule has 0 amide bonds. The normalized spacial score (nSPS) is 23.3. The lowest BCUT2D eigenvalue weighted by atomic mass is 9.84. The van der Waals surface area contributed by atoms with Gasteiger partial charge in [0.25, 0.3) is 0 Å². The summed E-state index contributed by atoms with van der Waals surface area (Å²) in [4.78, 5) is 14.9. The van der Waals surface area contributed by atoms with Crippen molar-refractivity contribution in [2.75, 3.05) is 19.7 Å². The fourth-order valence-electron chi connectivity index (χ4n) is 4.78. The van der Waals surface area contributed by atoms with Crippen molar-refractivity contribution < 1.29 is 9.53 Å². The van der Waals surface area contributed by atoms with Gasteiger partial charge in [0.1, 0.15) is 0 Å². The molecular formula is C26H31NO2. The Balaban J connectivity index is 1.32. The van der Waals surface area contributed by atoms with Gasteiger partial charge in [-0.2, -0.15) is 0 Å². The summed E-state index contributed by atoms with van der Waals surface area (Å²) in [5.74, 6) is 0.272. The van der Waals surface area contributed by atoms with Crippen molar-refractivity contribution >= 4 is 22.8 Å². The van der Waals surface area contributed by atoms with Crippen molar-refractivity contribution in [1.29, 1.82) is 0 Å². The van der Waals surface area contributed by atoms with Gasteiger partial charge in [-0.1, -0.05) is 55.0 Å². The van der Waals surface area contributed by atoms with Gasteiger partial charge in [0, 0.05) is 18.0 Å². The maximum atomic E-state index is 12.3. The van der Waals surface area contributed by atoms with E-state index in [1.807, 2.05) is 19.1 Å². The van der Waals surface area contributed by atoms with Crippen LogP contribution in [0.15, 0.2) is 60.2 Å². The quantitative estimate of drug-likeness (QED) is 0.378. The molecule has 0 bridgehead atoms. The van der Waals surface area contributed by atoms with Crippen LogP contribution in [-0.4, -0.2) is 36.6 Å². The van der Waals surface area contributed by atoms with Gasteiger partial charge >= 0.3 is 5.97 Å². The van der Waals surface area contributed by atoms with Crippen LogP contribution in [0, 0.1) is 5.92 Å². The lowest BCUT2D eigenvalue weighted by Crippen LogP contribution is -2.49. The topological polar surface area (TPSA) is 29.5 Å². The predicted octanol–water partition coefficient (Wildman–Crippen LogP) is 5.61. The number of nitrogens with zero attached hydrogens (tertiary/aromatic N) is 1. The molecule has 29 heavy (non-hydrogen) atoms. The van der Waals surface area contributed by atoms with Crippen molar-refractivity contribution in [3.8, 4) is 0 Å². The average Bonchev–Trinajstić information content (AvgIpc) is 2.76. The second-order valence-corrected chi connectivity index (χ2v) is 8.46. The molecule has 2 atom stereocenters. The van der Waals surface area contributed by atoms with Crippen molar-refractivity contribution in [2.45, 2.75) is 45.1 Å². The highest BCUT2D eigenvalue weighted by Crippen LogP contribution is 2.31. The molecule has 0 saturated carbocycles. The number of rotatable bonds is 5. The van der Waals surface area contributed by atoms with Crippen LogP contribution in [0.25, 0.3) is 16.8 Å². The Morgan fingerprint density at radius 1 is 1.07 bits per heavy atom. The third-order valence-electron chi connectivity index (χ3n) is 6.33. The number of carbonyl (C=O) groups excluding carboxylic acids is 1. The Morgan fingerprint density at radius 3 is 2.79 bits per heavy atom. The highest BCUT2D eigenvalue weighted by atomic mass is 16.5.